The fourth-order valence-electron chi connectivity index (χ4n) is 10.8. The predicted octanol–water partition coefficient (Wildman–Crippen LogP) is 10.1. The summed E-state index contributed by atoms with van der Waals surface area (Å²) in [5.74, 6) is -4.39. The number of benzene rings is 4. The van der Waals surface area contributed by atoms with E-state index in [1.807, 2.05) is 32.9 Å². The molecule has 4 aliphatic carbocycles. The lowest BCUT2D eigenvalue weighted by Crippen LogP contribution is -2.61. The number of esters is 6. The first-order valence-electron chi connectivity index (χ1n) is 25.9. The Labute approximate surface area is 449 Å². The molecule has 77 heavy (non-hydrogen) atoms. The topological polar surface area (TPSA) is 216 Å². The summed E-state index contributed by atoms with van der Waals surface area (Å²) in [5, 5.41) is 5.43. The second-order valence-corrected chi connectivity index (χ2v) is 21.6. The molecule has 406 valence electrons. The van der Waals surface area contributed by atoms with Crippen LogP contribution in [0.4, 0.5) is 5.69 Å². The average Bonchev–Trinajstić information content (AvgIpc) is 3.41. The van der Waals surface area contributed by atoms with Crippen LogP contribution in [0.2, 0.25) is 0 Å². The van der Waals surface area contributed by atoms with E-state index in [1.54, 1.807) is 74.5 Å². The molecule has 0 spiro atoms. The van der Waals surface area contributed by atoms with Gasteiger partial charge in [0.05, 0.1) is 46.6 Å². The number of aryl methyl sites for hydroxylation is 1. The zero-order valence-electron chi connectivity index (χ0n) is 45.1. The maximum atomic E-state index is 14.4. The lowest BCUT2D eigenvalue weighted by Gasteiger charge is -2.60. The van der Waals surface area contributed by atoms with Crippen molar-refractivity contribution in [2.75, 3.05) is 25.6 Å². The van der Waals surface area contributed by atoms with Gasteiger partial charge in [-0.1, -0.05) is 56.8 Å². The molecule has 4 atom stereocenters. The first kappa shape index (κ1) is 56.8. The van der Waals surface area contributed by atoms with E-state index in [0.29, 0.717) is 41.6 Å². The van der Waals surface area contributed by atoms with Crippen molar-refractivity contribution in [3.63, 3.8) is 0 Å². The van der Waals surface area contributed by atoms with Gasteiger partial charge in [0.1, 0.15) is 23.4 Å². The highest BCUT2D eigenvalue weighted by Gasteiger charge is 2.61. The van der Waals surface area contributed by atoms with Gasteiger partial charge in [0.25, 0.3) is 11.8 Å². The normalized spacial score (nSPS) is 19.8. The third-order valence-corrected chi connectivity index (χ3v) is 14.7. The van der Waals surface area contributed by atoms with Crippen molar-refractivity contribution in [3.8, 4) is 0 Å². The molecule has 4 aliphatic rings. The van der Waals surface area contributed by atoms with Gasteiger partial charge in [-0.3, -0.25) is 9.59 Å². The van der Waals surface area contributed by atoms with E-state index in [1.165, 1.54) is 33.0 Å². The van der Waals surface area contributed by atoms with Gasteiger partial charge in [-0.05, 0) is 150 Å². The summed E-state index contributed by atoms with van der Waals surface area (Å²) in [6.07, 6.45) is 3.43. The van der Waals surface area contributed by atoms with Crippen molar-refractivity contribution >= 4 is 53.3 Å². The minimum absolute atomic E-state index is 0.00496. The maximum absolute atomic E-state index is 14.4. The zero-order chi connectivity index (χ0) is 56.0. The number of rotatable bonds is 21. The van der Waals surface area contributed by atoms with Gasteiger partial charge in [0.2, 0.25) is 0 Å². The molecule has 4 aromatic rings. The molecule has 16 heteroatoms. The molecule has 4 aromatic carbocycles. The summed E-state index contributed by atoms with van der Waals surface area (Å²) >= 11 is 0. The van der Waals surface area contributed by atoms with Crippen LogP contribution in [0.15, 0.2) is 109 Å². The molecule has 8 rings (SSSR count). The molecule has 0 aromatic heterocycles. The second kappa shape index (κ2) is 23.6. The highest BCUT2D eigenvalue weighted by Crippen LogP contribution is 2.60. The van der Waals surface area contributed by atoms with Gasteiger partial charge < -0.3 is 39.1 Å². The van der Waals surface area contributed by atoms with Crippen LogP contribution in [-0.2, 0) is 43.4 Å². The number of carbonyl (C=O) groups is 8. The second-order valence-electron chi connectivity index (χ2n) is 21.6. The molecule has 0 aliphatic heterocycles. The van der Waals surface area contributed by atoms with Crippen molar-refractivity contribution in [3.05, 3.63) is 159 Å². The number of anilines is 1. The summed E-state index contributed by atoms with van der Waals surface area (Å²) in [4.78, 5) is 106. The minimum Gasteiger partial charge on any atom is -0.462 e. The SMILES string of the molecule is C=C(C)C(=O)OC(C)CCOC(=O)c1ccc(C(C)(C)c2ccc(C(=O)OCCC(C)OC(=O)C(=C)C)c(C(=O)Nc3ccc(C(=O)OC45CC6CC(CC(OC(=O)c7ccc(C)cc7)(C6)C4)C5)cc3)c2)cc1C(=O)NC. The Morgan fingerprint density at radius 3 is 1.43 bits per heavy atom. The highest BCUT2D eigenvalue weighted by atomic mass is 16.6. The van der Waals surface area contributed by atoms with Crippen molar-refractivity contribution in [1.82, 2.24) is 5.32 Å². The number of hydrogen-bond acceptors (Lipinski definition) is 14. The Bertz CT molecular complexity index is 2980. The van der Waals surface area contributed by atoms with Crippen LogP contribution in [0.5, 0.6) is 0 Å². The van der Waals surface area contributed by atoms with E-state index in [0.717, 1.165) is 24.8 Å². The molecule has 2 N–H and O–H groups in total. The van der Waals surface area contributed by atoms with Gasteiger partial charge >= 0.3 is 35.8 Å². The van der Waals surface area contributed by atoms with E-state index in [-0.39, 0.29) is 82.8 Å². The molecule has 16 nitrogen and oxygen atoms in total. The van der Waals surface area contributed by atoms with E-state index < -0.39 is 70.5 Å². The van der Waals surface area contributed by atoms with Crippen LogP contribution in [0.3, 0.4) is 0 Å². The average molecular weight is 1050 g/mol. The van der Waals surface area contributed by atoms with Crippen molar-refractivity contribution in [2.24, 2.45) is 11.8 Å². The van der Waals surface area contributed by atoms with Crippen LogP contribution in [-0.4, -0.2) is 91.3 Å². The Balaban J connectivity index is 1.09. The molecule has 0 radical (unpaired) electrons. The van der Waals surface area contributed by atoms with Gasteiger partial charge in [-0.2, -0.15) is 0 Å². The summed E-state index contributed by atoms with van der Waals surface area (Å²) in [7, 11) is 1.43. The van der Waals surface area contributed by atoms with Crippen LogP contribution in [0.25, 0.3) is 0 Å². The smallest absolute Gasteiger partial charge is 0.338 e. The number of carbonyl (C=O) groups excluding carboxylic acids is 8. The van der Waals surface area contributed by atoms with Crippen molar-refractivity contribution < 1.29 is 66.8 Å². The predicted molar refractivity (Wildman–Crippen MR) is 285 cm³/mol. The van der Waals surface area contributed by atoms with E-state index >= 15 is 0 Å². The van der Waals surface area contributed by atoms with Crippen LogP contribution >= 0.6 is 0 Å². The first-order chi connectivity index (χ1) is 36.4. The third kappa shape index (κ3) is 13.6. The van der Waals surface area contributed by atoms with Crippen LogP contribution < -0.4 is 10.6 Å². The Hall–Kier alpha value is -7.88. The molecular weight excluding hydrogens is 985 g/mol. The molecule has 4 bridgehead atoms. The van der Waals surface area contributed by atoms with Crippen molar-refractivity contribution in [2.45, 2.75) is 129 Å². The Morgan fingerprint density at radius 2 is 1.01 bits per heavy atom. The molecule has 4 saturated carbocycles. The van der Waals surface area contributed by atoms with Crippen LogP contribution in [0.1, 0.15) is 172 Å². The molecule has 2 amide bonds. The minimum atomic E-state index is -0.963. The standard InChI is InChI=1S/C61H68N2O14/c1-35(2)53(66)74-38(6)23-25-72-57(70)47-21-17-44(28-49(47)51(64)62-10)59(8,9)45-18-22-48(58(71)73-26-24-39(7)75-54(67)36(3)4)50(29-45)52(65)63-46-19-15-43(16-20-46)56(69)77-61-32-40-27-41(33-61)31-60(30-40,34-61)76-55(68)42-13-11-37(5)12-14-42/h11-22,28-29,38-41H,1,3,23-27,30-34H2,2,4-10H3,(H,62,64)(H,63,65). The quantitative estimate of drug-likeness (QED) is 0.0451. The lowest BCUT2D eigenvalue weighted by molar-refractivity contribution is -0.200. The molecular formula is C61H68N2O14. The summed E-state index contributed by atoms with van der Waals surface area (Å²) in [5.41, 5.74) is 1.07. The lowest BCUT2D eigenvalue weighted by atomic mass is 9.52. The maximum Gasteiger partial charge on any atom is 0.338 e. The van der Waals surface area contributed by atoms with Crippen molar-refractivity contribution in [1.29, 1.82) is 0 Å². The number of amides is 2. The molecule has 0 heterocycles. The van der Waals surface area contributed by atoms with E-state index in [4.69, 9.17) is 28.4 Å². The van der Waals surface area contributed by atoms with Gasteiger partial charge in [-0.15, -0.1) is 0 Å². The summed E-state index contributed by atoms with van der Waals surface area (Å²) in [6, 6.07) is 22.9. The molecule has 4 unspecified atom stereocenters. The van der Waals surface area contributed by atoms with E-state index in [2.05, 4.69) is 23.8 Å². The van der Waals surface area contributed by atoms with E-state index in [9.17, 15) is 38.4 Å². The fraction of sp³-hybridized carbons (Fsp3) is 0.410. The first-order valence-corrected chi connectivity index (χ1v) is 25.9. The Kier molecular flexibility index (Phi) is 17.4. The van der Waals surface area contributed by atoms with Gasteiger partial charge in [0, 0.05) is 48.6 Å². The number of nitrogens with one attached hydrogen (secondary N) is 2. The molecule has 4 fully saturated rings. The third-order valence-electron chi connectivity index (χ3n) is 14.7. The summed E-state index contributed by atoms with van der Waals surface area (Å²) in [6.45, 7) is 18.9. The van der Waals surface area contributed by atoms with Gasteiger partial charge in [-0.25, -0.2) is 28.8 Å². The largest absolute Gasteiger partial charge is 0.462 e. The van der Waals surface area contributed by atoms with Gasteiger partial charge in [0.15, 0.2) is 0 Å². The monoisotopic (exact) mass is 1050 g/mol. The summed E-state index contributed by atoms with van der Waals surface area (Å²) < 4.78 is 34.4. The zero-order valence-corrected chi connectivity index (χ0v) is 45.1. The molecule has 0 saturated heterocycles. The number of hydrogen-bond donors (Lipinski definition) is 2. The number of ether oxygens (including phenoxy) is 6. The fourth-order valence-corrected chi connectivity index (χ4v) is 10.8. The van der Waals surface area contributed by atoms with Crippen LogP contribution in [0, 0.1) is 18.8 Å². The Morgan fingerprint density at radius 1 is 0.597 bits per heavy atom. The highest BCUT2D eigenvalue weighted by molar-refractivity contribution is 6.11.